The van der Waals surface area contributed by atoms with Crippen molar-refractivity contribution < 1.29 is 9.90 Å². The SMILES string of the molecule is CN(C)CCN(Cc1ccc(Br)cc1)Cc1ccc(C(=O)O)cc1. The number of likely N-dealkylation sites (N-methyl/N-ethyl adjacent to an activating group) is 1. The summed E-state index contributed by atoms with van der Waals surface area (Å²) >= 11 is 3.47. The van der Waals surface area contributed by atoms with E-state index in [9.17, 15) is 4.79 Å². The van der Waals surface area contributed by atoms with E-state index in [-0.39, 0.29) is 0 Å². The molecule has 1 N–H and O–H groups in total. The van der Waals surface area contributed by atoms with Crippen molar-refractivity contribution in [2.75, 3.05) is 27.2 Å². The van der Waals surface area contributed by atoms with Crippen molar-refractivity contribution in [3.8, 4) is 0 Å². The van der Waals surface area contributed by atoms with Crippen molar-refractivity contribution >= 4 is 21.9 Å². The van der Waals surface area contributed by atoms with E-state index in [1.807, 2.05) is 12.1 Å². The van der Waals surface area contributed by atoms with E-state index >= 15 is 0 Å². The van der Waals surface area contributed by atoms with Crippen LogP contribution in [0.2, 0.25) is 0 Å². The number of carboxylic acid groups (broad SMARTS) is 1. The maximum Gasteiger partial charge on any atom is 0.335 e. The second-order valence-electron chi connectivity index (χ2n) is 6.14. The molecule has 0 spiro atoms. The minimum absolute atomic E-state index is 0.325. The minimum atomic E-state index is -0.888. The van der Waals surface area contributed by atoms with Crippen LogP contribution in [0, 0.1) is 0 Å². The molecule has 0 heterocycles. The molecule has 0 bridgehead atoms. The third-order valence-electron chi connectivity index (χ3n) is 3.79. The van der Waals surface area contributed by atoms with E-state index in [4.69, 9.17) is 5.11 Å². The number of carboxylic acids is 1. The van der Waals surface area contributed by atoms with Crippen molar-refractivity contribution in [1.82, 2.24) is 9.80 Å². The fourth-order valence-corrected chi connectivity index (χ4v) is 2.68. The van der Waals surface area contributed by atoms with Gasteiger partial charge in [0.15, 0.2) is 0 Å². The van der Waals surface area contributed by atoms with Crippen LogP contribution >= 0.6 is 15.9 Å². The van der Waals surface area contributed by atoms with E-state index in [1.165, 1.54) is 5.56 Å². The number of carbonyl (C=O) groups is 1. The quantitative estimate of drug-likeness (QED) is 0.745. The van der Waals surface area contributed by atoms with E-state index in [0.717, 1.165) is 36.2 Å². The summed E-state index contributed by atoms with van der Waals surface area (Å²) < 4.78 is 1.08. The summed E-state index contributed by atoms with van der Waals surface area (Å²) in [5.74, 6) is -0.888. The smallest absolute Gasteiger partial charge is 0.335 e. The lowest BCUT2D eigenvalue weighted by Gasteiger charge is -2.24. The highest BCUT2D eigenvalue weighted by molar-refractivity contribution is 9.10. The maximum absolute atomic E-state index is 11.0. The summed E-state index contributed by atoms with van der Waals surface area (Å²) in [6.45, 7) is 3.58. The Morgan fingerprint density at radius 1 is 0.917 bits per heavy atom. The molecule has 128 valence electrons. The zero-order chi connectivity index (χ0) is 17.5. The van der Waals surface area contributed by atoms with Crippen molar-refractivity contribution in [2.45, 2.75) is 13.1 Å². The first-order valence-corrected chi connectivity index (χ1v) is 8.67. The summed E-state index contributed by atoms with van der Waals surface area (Å²) in [5, 5.41) is 9.00. The second-order valence-corrected chi connectivity index (χ2v) is 7.06. The van der Waals surface area contributed by atoms with Gasteiger partial charge < -0.3 is 10.0 Å². The van der Waals surface area contributed by atoms with Crippen LogP contribution in [-0.2, 0) is 13.1 Å². The fraction of sp³-hybridized carbons (Fsp3) is 0.316. The minimum Gasteiger partial charge on any atom is -0.478 e. The number of rotatable bonds is 8. The zero-order valence-corrected chi connectivity index (χ0v) is 15.7. The Bertz CT molecular complexity index is 654. The number of benzene rings is 2. The molecule has 0 aliphatic heterocycles. The van der Waals surface area contributed by atoms with E-state index in [2.05, 4.69) is 64.1 Å². The highest BCUT2D eigenvalue weighted by atomic mass is 79.9. The zero-order valence-electron chi connectivity index (χ0n) is 14.1. The number of hydrogen-bond donors (Lipinski definition) is 1. The van der Waals surface area contributed by atoms with Gasteiger partial charge in [-0.3, -0.25) is 4.90 Å². The molecule has 0 aliphatic carbocycles. The number of nitrogens with zero attached hydrogens (tertiary/aromatic N) is 2. The fourth-order valence-electron chi connectivity index (χ4n) is 2.41. The van der Waals surface area contributed by atoms with Gasteiger partial charge in [-0.15, -0.1) is 0 Å². The van der Waals surface area contributed by atoms with Gasteiger partial charge in [0.05, 0.1) is 5.56 Å². The molecule has 0 aliphatic rings. The van der Waals surface area contributed by atoms with Gasteiger partial charge in [0.2, 0.25) is 0 Å². The van der Waals surface area contributed by atoms with Crippen molar-refractivity contribution in [3.05, 3.63) is 69.7 Å². The van der Waals surface area contributed by atoms with Gasteiger partial charge in [-0.05, 0) is 49.5 Å². The molecule has 2 aromatic carbocycles. The maximum atomic E-state index is 11.0. The van der Waals surface area contributed by atoms with Gasteiger partial charge in [-0.2, -0.15) is 0 Å². The first-order chi connectivity index (χ1) is 11.4. The van der Waals surface area contributed by atoms with Crippen molar-refractivity contribution in [3.63, 3.8) is 0 Å². The number of hydrogen-bond acceptors (Lipinski definition) is 3. The Hall–Kier alpha value is -1.69. The lowest BCUT2D eigenvalue weighted by Crippen LogP contribution is -2.31. The molecule has 2 aromatic rings. The molecule has 0 amide bonds. The summed E-state index contributed by atoms with van der Waals surface area (Å²) in [4.78, 5) is 15.5. The molecule has 4 nitrogen and oxygen atoms in total. The molecule has 0 fully saturated rings. The first kappa shape index (κ1) is 18.6. The van der Waals surface area contributed by atoms with Crippen LogP contribution < -0.4 is 0 Å². The lowest BCUT2D eigenvalue weighted by molar-refractivity contribution is 0.0697. The molecule has 24 heavy (non-hydrogen) atoms. The number of aromatic carboxylic acids is 1. The lowest BCUT2D eigenvalue weighted by atomic mass is 10.1. The van der Waals surface area contributed by atoms with Gasteiger partial charge in [-0.1, -0.05) is 40.2 Å². The Labute approximate surface area is 151 Å². The second kappa shape index (κ2) is 8.97. The van der Waals surface area contributed by atoms with Gasteiger partial charge in [0, 0.05) is 30.7 Å². The molecule has 0 atom stereocenters. The van der Waals surface area contributed by atoms with Gasteiger partial charge in [-0.25, -0.2) is 4.79 Å². The highest BCUT2D eigenvalue weighted by Gasteiger charge is 2.09. The third-order valence-corrected chi connectivity index (χ3v) is 4.32. The molecule has 0 radical (unpaired) electrons. The Kier molecular flexibility index (Phi) is 6.97. The molecule has 0 unspecified atom stereocenters. The monoisotopic (exact) mass is 390 g/mol. The standard InChI is InChI=1S/C19H23BrN2O2/c1-21(2)11-12-22(14-16-5-9-18(20)10-6-16)13-15-3-7-17(8-4-15)19(23)24/h3-10H,11-14H2,1-2H3,(H,23,24). The van der Waals surface area contributed by atoms with Crippen LogP contribution in [0.25, 0.3) is 0 Å². The Morgan fingerprint density at radius 3 is 1.88 bits per heavy atom. The molecule has 0 saturated heterocycles. The van der Waals surface area contributed by atoms with Crippen LogP contribution in [0.15, 0.2) is 53.0 Å². The molecule has 2 rings (SSSR count). The highest BCUT2D eigenvalue weighted by Crippen LogP contribution is 2.14. The summed E-state index contributed by atoms with van der Waals surface area (Å²) in [6.07, 6.45) is 0. The van der Waals surface area contributed by atoms with Crippen LogP contribution in [0.3, 0.4) is 0 Å². The van der Waals surface area contributed by atoms with Gasteiger partial charge >= 0.3 is 5.97 Å². The average Bonchev–Trinajstić information content (AvgIpc) is 2.55. The van der Waals surface area contributed by atoms with Crippen LogP contribution in [0.5, 0.6) is 0 Å². The van der Waals surface area contributed by atoms with Crippen LogP contribution in [0.1, 0.15) is 21.5 Å². The summed E-state index contributed by atoms with van der Waals surface area (Å²) in [5.41, 5.74) is 2.71. The average molecular weight is 391 g/mol. The predicted molar refractivity (Wildman–Crippen MR) is 100 cm³/mol. The molecule has 5 heteroatoms. The normalized spacial score (nSPS) is 11.2. The predicted octanol–water partition coefficient (Wildman–Crippen LogP) is 3.71. The molecule has 0 aromatic heterocycles. The Morgan fingerprint density at radius 2 is 1.42 bits per heavy atom. The van der Waals surface area contributed by atoms with Crippen LogP contribution in [-0.4, -0.2) is 48.1 Å². The molecular weight excluding hydrogens is 368 g/mol. The van der Waals surface area contributed by atoms with Gasteiger partial charge in [0.1, 0.15) is 0 Å². The van der Waals surface area contributed by atoms with E-state index < -0.39 is 5.97 Å². The Balaban J connectivity index is 2.06. The van der Waals surface area contributed by atoms with E-state index in [1.54, 1.807) is 12.1 Å². The van der Waals surface area contributed by atoms with Gasteiger partial charge in [0.25, 0.3) is 0 Å². The molecular formula is C19H23BrN2O2. The first-order valence-electron chi connectivity index (χ1n) is 7.88. The molecule has 0 saturated carbocycles. The summed E-state index contributed by atoms with van der Waals surface area (Å²) in [6, 6.07) is 15.5. The van der Waals surface area contributed by atoms with Crippen molar-refractivity contribution in [1.29, 1.82) is 0 Å². The largest absolute Gasteiger partial charge is 0.478 e. The third kappa shape index (κ3) is 6.07. The van der Waals surface area contributed by atoms with E-state index in [0.29, 0.717) is 5.56 Å². The van der Waals surface area contributed by atoms with Crippen molar-refractivity contribution in [2.24, 2.45) is 0 Å². The van der Waals surface area contributed by atoms with Crippen LogP contribution in [0.4, 0.5) is 0 Å². The number of halogens is 1. The topological polar surface area (TPSA) is 43.8 Å². The summed E-state index contributed by atoms with van der Waals surface area (Å²) in [7, 11) is 4.14.